The molecule has 0 bridgehead atoms. The van der Waals surface area contributed by atoms with Gasteiger partial charge >= 0.3 is 0 Å². The lowest BCUT2D eigenvalue weighted by atomic mass is 9.96. The van der Waals surface area contributed by atoms with Crippen molar-refractivity contribution in [3.8, 4) is 11.3 Å². The van der Waals surface area contributed by atoms with Crippen molar-refractivity contribution in [1.82, 2.24) is 29.7 Å². The molecule has 154 valence electrons. The Labute approximate surface area is 177 Å². The molecule has 1 fully saturated rings. The maximum Gasteiger partial charge on any atom is 0.160 e. The number of rotatable bonds is 3. The Morgan fingerprint density at radius 3 is 2.77 bits per heavy atom. The molecular weight excluding hydrogens is 405 g/mol. The quantitative estimate of drug-likeness (QED) is 0.531. The van der Waals surface area contributed by atoms with E-state index in [-0.39, 0.29) is 5.02 Å². The number of aromatic amines is 1. The first-order valence-electron chi connectivity index (χ1n) is 9.90. The number of nitrogens with zero attached hydrogens (tertiary/aromatic N) is 6. The molecule has 1 aromatic carbocycles. The van der Waals surface area contributed by atoms with Crippen molar-refractivity contribution < 1.29 is 4.39 Å². The maximum absolute atomic E-state index is 13.6. The summed E-state index contributed by atoms with van der Waals surface area (Å²) in [4.78, 5) is 15.9. The molecule has 0 unspecified atom stereocenters. The third-order valence-electron chi connectivity index (χ3n) is 6.00. The molecule has 1 aliphatic heterocycles. The van der Waals surface area contributed by atoms with Crippen molar-refractivity contribution in [3.05, 3.63) is 53.1 Å². The third kappa shape index (κ3) is 3.11. The third-order valence-corrected chi connectivity index (χ3v) is 6.29. The van der Waals surface area contributed by atoms with Crippen molar-refractivity contribution in [2.45, 2.75) is 25.7 Å². The molecule has 1 aliphatic rings. The number of anilines is 1. The lowest BCUT2D eigenvalue weighted by Crippen LogP contribution is -2.34. The van der Waals surface area contributed by atoms with Crippen LogP contribution in [0.5, 0.6) is 0 Å². The summed E-state index contributed by atoms with van der Waals surface area (Å²) >= 11 is 5.99. The SMILES string of the molecule is Cc1c(-c2ccc(F)c(Cl)c2)nc(C2CCN(c3ncnc4[nH]ncc34)CC2)n1C. The zero-order valence-electron chi connectivity index (χ0n) is 16.7. The van der Waals surface area contributed by atoms with E-state index in [0.717, 1.165) is 65.6 Å². The molecule has 3 aromatic heterocycles. The van der Waals surface area contributed by atoms with E-state index in [9.17, 15) is 4.39 Å². The Morgan fingerprint density at radius 2 is 2.00 bits per heavy atom. The van der Waals surface area contributed by atoms with Gasteiger partial charge in [-0.3, -0.25) is 5.10 Å². The van der Waals surface area contributed by atoms with Gasteiger partial charge in [0.15, 0.2) is 5.65 Å². The van der Waals surface area contributed by atoms with E-state index in [4.69, 9.17) is 16.6 Å². The molecule has 4 aromatic rings. The Kier molecular flexibility index (Phi) is 4.66. The van der Waals surface area contributed by atoms with Crippen LogP contribution in [0.2, 0.25) is 5.02 Å². The molecule has 0 spiro atoms. The summed E-state index contributed by atoms with van der Waals surface area (Å²) in [5.74, 6) is 1.90. The zero-order chi connectivity index (χ0) is 20.8. The summed E-state index contributed by atoms with van der Waals surface area (Å²) in [6.07, 6.45) is 5.29. The van der Waals surface area contributed by atoms with Crippen LogP contribution in [0, 0.1) is 12.7 Å². The Balaban J connectivity index is 1.39. The Hall–Kier alpha value is -3.00. The number of piperidine rings is 1. The van der Waals surface area contributed by atoms with Crippen LogP contribution in [0.25, 0.3) is 22.3 Å². The molecule has 0 saturated carbocycles. The summed E-state index contributed by atoms with van der Waals surface area (Å²) in [6, 6.07) is 4.76. The van der Waals surface area contributed by atoms with Gasteiger partial charge in [0.25, 0.3) is 0 Å². The molecule has 5 rings (SSSR count). The second-order valence-corrected chi connectivity index (χ2v) is 8.09. The van der Waals surface area contributed by atoms with Crippen LogP contribution in [-0.2, 0) is 7.05 Å². The fourth-order valence-corrected chi connectivity index (χ4v) is 4.42. The minimum Gasteiger partial charge on any atom is -0.356 e. The van der Waals surface area contributed by atoms with Gasteiger partial charge < -0.3 is 9.47 Å². The predicted molar refractivity (Wildman–Crippen MR) is 114 cm³/mol. The second kappa shape index (κ2) is 7.36. The van der Waals surface area contributed by atoms with Crippen molar-refractivity contribution in [2.75, 3.05) is 18.0 Å². The molecular formula is C21H21ClFN7. The predicted octanol–water partition coefficient (Wildman–Crippen LogP) is 4.24. The van der Waals surface area contributed by atoms with Gasteiger partial charge in [-0.15, -0.1) is 0 Å². The summed E-state index contributed by atoms with van der Waals surface area (Å²) in [5, 5.41) is 8.04. The van der Waals surface area contributed by atoms with Crippen molar-refractivity contribution >= 4 is 28.5 Å². The Morgan fingerprint density at radius 1 is 1.20 bits per heavy atom. The molecule has 30 heavy (non-hydrogen) atoms. The van der Waals surface area contributed by atoms with E-state index in [1.54, 1.807) is 24.7 Å². The first kappa shape index (κ1) is 19.0. The van der Waals surface area contributed by atoms with E-state index in [0.29, 0.717) is 5.92 Å². The molecule has 0 aliphatic carbocycles. The second-order valence-electron chi connectivity index (χ2n) is 7.68. The number of fused-ring (bicyclic) bond motifs is 1. The van der Waals surface area contributed by atoms with E-state index in [1.165, 1.54) is 6.07 Å². The number of nitrogens with one attached hydrogen (secondary N) is 1. The minimum atomic E-state index is -0.418. The van der Waals surface area contributed by atoms with Crippen LogP contribution in [0.3, 0.4) is 0 Å². The standard InChI is InChI=1S/C21H21ClFN7/c1-12-18(14-3-4-17(23)16(22)9-14)27-20(29(12)2)13-5-7-30(8-6-13)21-15-10-26-28-19(15)24-11-25-21/h3-4,9-11,13H,5-8H2,1-2H3,(H,24,25,26,28). The topological polar surface area (TPSA) is 75.5 Å². The summed E-state index contributed by atoms with van der Waals surface area (Å²) in [5.41, 5.74) is 3.49. The molecule has 0 amide bonds. The highest BCUT2D eigenvalue weighted by molar-refractivity contribution is 6.31. The first-order valence-corrected chi connectivity index (χ1v) is 10.3. The minimum absolute atomic E-state index is 0.114. The average molecular weight is 426 g/mol. The number of halogens is 2. The normalized spacial score (nSPS) is 15.3. The summed E-state index contributed by atoms with van der Waals surface area (Å²) < 4.78 is 15.7. The van der Waals surface area contributed by atoms with Crippen molar-refractivity contribution in [2.24, 2.45) is 7.05 Å². The van der Waals surface area contributed by atoms with Gasteiger partial charge in [0.05, 0.1) is 22.3 Å². The molecule has 0 radical (unpaired) electrons. The summed E-state index contributed by atoms with van der Waals surface area (Å²) in [6.45, 7) is 3.80. The van der Waals surface area contributed by atoms with E-state index in [1.807, 2.05) is 14.0 Å². The fourth-order valence-electron chi connectivity index (χ4n) is 4.24. The van der Waals surface area contributed by atoms with Gasteiger partial charge in [-0.05, 0) is 38.0 Å². The van der Waals surface area contributed by atoms with Gasteiger partial charge in [0, 0.05) is 37.3 Å². The van der Waals surface area contributed by atoms with Crippen LogP contribution in [-0.4, -0.2) is 42.8 Å². The van der Waals surface area contributed by atoms with E-state index < -0.39 is 5.82 Å². The van der Waals surface area contributed by atoms with Crippen molar-refractivity contribution in [3.63, 3.8) is 0 Å². The average Bonchev–Trinajstić information content (AvgIpc) is 3.35. The largest absolute Gasteiger partial charge is 0.356 e. The highest BCUT2D eigenvalue weighted by Crippen LogP contribution is 2.34. The lowest BCUT2D eigenvalue weighted by molar-refractivity contribution is 0.473. The fraction of sp³-hybridized carbons (Fsp3) is 0.333. The van der Waals surface area contributed by atoms with E-state index in [2.05, 4.69) is 29.6 Å². The number of imidazole rings is 1. The van der Waals surface area contributed by atoms with Gasteiger partial charge in [-0.1, -0.05) is 11.6 Å². The zero-order valence-corrected chi connectivity index (χ0v) is 17.5. The van der Waals surface area contributed by atoms with Crippen molar-refractivity contribution in [1.29, 1.82) is 0 Å². The van der Waals surface area contributed by atoms with E-state index >= 15 is 0 Å². The highest BCUT2D eigenvalue weighted by atomic mass is 35.5. The maximum atomic E-state index is 13.6. The molecule has 4 heterocycles. The molecule has 1 saturated heterocycles. The van der Waals surface area contributed by atoms with Crippen LogP contribution in [0.4, 0.5) is 10.2 Å². The number of hydrogen-bond donors (Lipinski definition) is 1. The van der Waals surface area contributed by atoms with Gasteiger partial charge in [0.1, 0.15) is 23.8 Å². The van der Waals surface area contributed by atoms with Crippen LogP contribution in [0.1, 0.15) is 30.3 Å². The number of benzene rings is 1. The lowest BCUT2D eigenvalue weighted by Gasteiger charge is -2.32. The van der Waals surface area contributed by atoms with Gasteiger partial charge in [-0.2, -0.15) is 5.10 Å². The number of hydrogen-bond acceptors (Lipinski definition) is 5. The molecule has 7 nitrogen and oxygen atoms in total. The van der Waals surface area contributed by atoms with Gasteiger partial charge in [-0.25, -0.2) is 19.3 Å². The van der Waals surface area contributed by atoms with Crippen LogP contribution in [0.15, 0.2) is 30.7 Å². The summed E-state index contributed by atoms with van der Waals surface area (Å²) in [7, 11) is 2.04. The van der Waals surface area contributed by atoms with Gasteiger partial charge in [0.2, 0.25) is 0 Å². The number of aromatic nitrogens is 6. The Bertz CT molecular complexity index is 1220. The monoisotopic (exact) mass is 425 g/mol. The number of H-pyrrole nitrogens is 1. The first-order chi connectivity index (χ1) is 14.5. The smallest absolute Gasteiger partial charge is 0.160 e. The molecule has 1 N–H and O–H groups in total. The molecule has 0 atom stereocenters. The molecule has 9 heteroatoms. The van der Waals surface area contributed by atoms with Crippen LogP contribution >= 0.6 is 11.6 Å². The highest BCUT2D eigenvalue weighted by Gasteiger charge is 2.27. The van der Waals surface area contributed by atoms with Crippen LogP contribution < -0.4 is 4.90 Å².